The monoisotopic (exact) mass is 456 g/mol. The Morgan fingerprint density at radius 2 is 1.94 bits per heavy atom. The summed E-state index contributed by atoms with van der Waals surface area (Å²) in [6.45, 7) is 3.73. The fourth-order valence-electron chi connectivity index (χ4n) is 4.36. The first kappa shape index (κ1) is 22.5. The van der Waals surface area contributed by atoms with Crippen LogP contribution in [0.2, 0.25) is 0 Å². The number of anilines is 1. The van der Waals surface area contributed by atoms with Crippen LogP contribution in [-0.2, 0) is 16.6 Å². The number of aromatic nitrogens is 2. The lowest BCUT2D eigenvalue weighted by Crippen LogP contribution is -2.25. The summed E-state index contributed by atoms with van der Waals surface area (Å²) < 4.78 is 44.4. The van der Waals surface area contributed by atoms with Crippen molar-refractivity contribution in [1.82, 2.24) is 15.1 Å². The highest BCUT2D eigenvalue weighted by Gasteiger charge is 2.22. The van der Waals surface area contributed by atoms with Crippen molar-refractivity contribution in [2.75, 3.05) is 11.3 Å². The molecule has 2 aromatic carbocycles. The predicted molar refractivity (Wildman–Crippen MR) is 124 cm³/mol. The largest absolute Gasteiger partial charge is 0.312 e. The summed E-state index contributed by atoms with van der Waals surface area (Å²) in [7, 11) is -3.95. The van der Waals surface area contributed by atoms with Gasteiger partial charge >= 0.3 is 0 Å². The summed E-state index contributed by atoms with van der Waals surface area (Å²) in [5.74, 6) is 0.709. The van der Waals surface area contributed by atoms with Crippen LogP contribution in [0.1, 0.15) is 38.2 Å². The SMILES string of the molecule is CC(CNCc1ccccc1NS(=O)(=O)c1ccc(-n2cccn2)c(F)c1)C1CCCC1. The van der Waals surface area contributed by atoms with Gasteiger partial charge in [0, 0.05) is 18.9 Å². The molecule has 0 amide bonds. The molecule has 32 heavy (non-hydrogen) atoms. The average Bonchev–Trinajstić information content (AvgIpc) is 3.49. The van der Waals surface area contributed by atoms with Crippen molar-refractivity contribution in [3.05, 3.63) is 72.3 Å². The molecule has 170 valence electrons. The van der Waals surface area contributed by atoms with Crippen LogP contribution in [0.25, 0.3) is 5.69 Å². The van der Waals surface area contributed by atoms with Gasteiger partial charge in [-0.15, -0.1) is 0 Å². The topological polar surface area (TPSA) is 76.0 Å². The number of hydrogen-bond donors (Lipinski definition) is 2. The third kappa shape index (κ3) is 5.19. The number of hydrogen-bond acceptors (Lipinski definition) is 4. The van der Waals surface area contributed by atoms with Gasteiger partial charge in [-0.1, -0.05) is 50.8 Å². The normalized spacial score (nSPS) is 15.7. The van der Waals surface area contributed by atoms with Crippen molar-refractivity contribution >= 4 is 15.7 Å². The highest BCUT2D eigenvalue weighted by molar-refractivity contribution is 7.92. The summed E-state index contributed by atoms with van der Waals surface area (Å²) in [4.78, 5) is -0.136. The zero-order chi connectivity index (χ0) is 22.6. The first-order chi connectivity index (χ1) is 15.4. The molecule has 1 atom stereocenters. The molecule has 1 aliphatic rings. The molecule has 6 nitrogen and oxygen atoms in total. The second-order valence-electron chi connectivity index (χ2n) is 8.48. The number of nitrogens with zero attached hydrogens (tertiary/aromatic N) is 2. The molecule has 0 spiro atoms. The van der Waals surface area contributed by atoms with E-state index in [2.05, 4.69) is 22.1 Å². The first-order valence-corrected chi connectivity index (χ1v) is 12.5. The fourth-order valence-corrected chi connectivity index (χ4v) is 5.47. The van der Waals surface area contributed by atoms with Crippen LogP contribution in [0.3, 0.4) is 0 Å². The Balaban J connectivity index is 1.44. The van der Waals surface area contributed by atoms with Crippen LogP contribution < -0.4 is 10.0 Å². The van der Waals surface area contributed by atoms with Gasteiger partial charge in [-0.05, 0) is 54.3 Å². The van der Waals surface area contributed by atoms with E-state index >= 15 is 0 Å². The van der Waals surface area contributed by atoms with Crippen LogP contribution in [0, 0.1) is 17.7 Å². The lowest BCUT2D eigenvalue weighted by atomic mass is 9.92. The molecule has 2 N–H and O–H groups in total. The van der Waals surface area contributed by atoms with Gasteiger partial charge in [0.25, 0.3) is 10.0 Å². The number of para-hydroxylation sites is 1. The molecule has 0 radical (unpaired) electrons. The van der Waals surface area contributed by atoms with Gasteiger partial charge in [0.2, 0.25) is 0 Å². The lowest BCUT2D eigenvalue weighted by molar-refractivity contribution is 0.348. The van der Waals surface area contributed by atoms with Crippen LogP contribution in [0.4, 0.5) is 10.1 Å². The van der Waals surface area contributed by atoms with Crippen molar-refractivity contribution < 1.29 is 12.8 Å². The minimum absolute atomic E-state index is 0.136. The minimum atomic E-state index is -3.95. The van der Waals surface area contributed by atoms with E-state index in [1.165, 1.54) is 48.7 Å². The summed E-state index contributed by atoms with van der Waals surface area (Å²) in [6, 6.07) is 12.8. The van der Waals surface area contributed by atoms with E-state index in [-0.39, 0.29) is 10.6 Å². The Morgan fingerprint density at radius 3 is 2.66 bits per heavy atom. The number of sulfonamides is 1. The van der Waals surface area contributed by atoms with E-state index < -0.39 is 15.8 Å². The fraction of sp³-hybridized carbons (Fsp3) is 0.375. The zero-order valence-corrected chi connectivity index (χ0v) is 19.0. The molecule has 1 fully saturated rings. The van der Waals surface area contributed by atoms with E-state index in [0.29, 0.717) is 18.2 Å². The Kier molecular flexibility index (Phi) is 6.91. The van der Waals surface area contributed by atoms with Crippen LogP contribution in [0.5, 0.6) is 0 Å². The number of rotatable bonds is 9. The van der Waals surface area contributed by atoms with E-state index in [1.807, 2.05) is 12.1 Å². The Bertz CT molecular complexity index is 1140. The summed E-state index contributed by atoms with van der Waals surface area (Å²) >= 11 is 0. The second kappa shape index (κ2) is 9.83. The van der Waals surface area contributed by atoms with Crippen molar-refractivity contribution in [2.45, 2.75) is 44.0 Å². The molecule has 1 aliphatic carbocycles. The predicted octanol–water partition coefficient (Wildman–Crippen LogP) is 4.73. The maximum Gasteiger partial charge on any atom is 0.262 e. The van der Waals surface area contributed by atoms with Crippen LogP contribution in [-0.4, -0.2) is 24.7 Å². The van der Waals surface area contributed by atoms with Gasteiger partial charge in [-0.2, -0.15) is 5.10 Å². The van der Waals surface area contributed by atoms with Crippen LogP contribution >= 0.6 is 0 Å². The summed E-state index contributed by atoms with van der Waals surface area (Å²) in [5, 5.41) is 7.46. The Hall–Kier alpha value is -2.71. The summed E-state index contributed by atoms with van der Waals surface area (Å²) in [6.07, 6.45) is 8.38. The maximum atomic E-state index is 14.6. The number of nitrogens with one attached hydrogen (secondary N) is 2. The standard InChI is InChI=1S/C24H29FN4O2S/c1-18(19-7-2-3-8-19)16-26-17-20-9-4-5-10-23(20)28-32(30,31)21-11-12-24(22(25)15-21)29-14-6-13-27-29/h4-6,9-15,18-19,26,28H,2-3,7-8,16-17H2,1H3. The third-order valence-electron chi connectivity index (χ3n) is 6.23. The smallest absolute Gasteiger partial charge is 0.262 e. The highest BCUT2D eigenvalue weighted by Crippen LogP contribution is 2.31. The van der Waals surface area contributed by atoms with Gasteiger partial charge < -0.3 is 5.32 Å². The molecule has 1 aromatic heterocycles. The molecule has 1 saturated carbocycles. The van der Waals surface area contributed by atoms with Crippen LogP contribution in [0.15, 0.2) is 65.8 Å². The third-order valence-corrected chi connectivity index (χ3v) is 7.59. The van der Waals surface area contributed by atoms with Crippen molar-refractivity contribution in [1.29, 1.82) is 0 Å². The Morgan fingerprint density at radius 1 is 1.16 bits per heavy atom. The highest BCUT2D eigenvalue weighted by atomic mass is 32.2. The van der Waals surface area contributed by atoms with Gasteiger partial charge in [0.1, 0.15) is 11.5 Å². The molecule has 4 rings (SSSR count). The van der Waals surface area contributed by atoms with E-state index in [1.54, 1.807) is 24.4 Å². The molecule has 1 unspecified atom stereocenters. The Labute approximate surface area is 188 Å². The first-order valence-electron chi connectivity index (χ1n) is 11.0. The zero-order valence-electron chi connectivity index (χ0n) is 18.2. The maximum absolute atomic E-state index is 14.6. The lowest BCUT2D eigenvalue weighted by Gasteiger charge is -2.20. The molecular weight excluding hydrogens is 427 g/mol. The molecule has 3 aromatic rings. The molecule has 1 heterocycles. The van der Waals surface area contributed by atoms with Crippen molar-refractivity contribution in [3.63, 3.8) is 0 Å². The van der Waals surface area contributed by atoms with Gasteiger partial charge in [-0.25, -0.2) is 17.5 Å². The molecule has 0 bridgehead atoms. The van der Waals surface area contributed by atoms with E-state index in [0.717, 1.165) is 24.1 Å². The quantitative estimate of drug-likeness (QED) is 0.488. The molecule has 0 saturated heterocycles. The van der Waals surface area contributed by atoms with E-state index in [4.69, 9.17) is 0 Å². The minimum Gasteiger partial charge on any atom is -0.312 e. The van der Waals surface area contributed by atoms with Gasteiger partial charge in [0.15, 0.2) is 0 Å². The number of halogens is 1. The molecule has 8 heteroatoms. The van der Waals surface area contributed by atoms with Crippen molar-refractivity contribution in [2.24, 2.45) is 11.8 Å². The molecular formula is C24H29FN4O2S. The van der Waals surface area contributed by atoms with E-state index in [9.17, 15) is 12.8 Å². The van der Waals surface area contributed by atoms with Gasteiger partial charge in [-0.3, -0.25) is 4.72 Å². The molecule has 0 aliphatic heterocycles. The second-order valence-corrected chi connectivity index (χ2v) is 10.2. The summed E-state index contributed by atoms with van der Waals surface area (Å²) in [5.41, 5.74) is 1.53. The number of benzene rings is 2. The average molecular weight is 457 g/mol. The van der Waals surface area contributed by atoms with Crippen molar-refractivity contribution in [3.8, 4) is 5.69 Å². The van der Waals surface area contributed by atoms with Gasteiger partial charge in [0.05, 0.1) is 10.6 Å².